The monoisotopic (exact) mass is 489 g/mol. The van der Waals surface area contributed by atoms with Crippen molar-refractivity contribution < 1.29 is 9.53 Å². The summed E-state index contributed by atoms with van der Waals surface area (Å²) in [6.07, 6.45) is 0. The molecule has 4 aromatic rings. The van der Waals surface area contributed by atoms with Crippen LogP contribution in [-0.2, 0) is 4.79 Å². The number of aromatic nitrogens is 3. The molecule has 2 aromatic heterocycles. The predicted octanol–water partition coefficient (Wildman–Crippen LogP) is 3.47. The molecule has 0 unspecified atom stereocenters. The van der Waals surface area contributed by atoms with Gasteiger partial charge in [-0.3, -0.25) is 9.59 Å². The van der Waals surface area contributed by atoms with E-state index >= 15 is 0 Å². The fourth-order valence-corrected chi connectivity index (χ4v) is 5.13. The maximum Gasteiger partial charge on any atom is 0.277 e. The van der Waals surface area contributed by atoms with Crippen molar-refractivity contribution in [1.82, 2.24) is 19.5 Å². The lowest BCUT2D eigenvalue weighted by molar-refractivity contribution is -0.133. The first-order valence-electron chi connectivity index (χ1n) is 11.6. The summed E-state index contributed by atoms with van der Waals surface area (Å²) in [5.74, 6) is 1.31. The molecule has 1 amide bonds. The van der Waals surface area contributed by atoms with Gasteiger partial charge in [0.15, 0.2) is 6.61 Å². The zero-order chi connectivity index (χ0) is 24.5. The number of nitrogens with zero attached hydrogens (tertiary/aromatic N) is 5. The average molecular weight is 490 g/mol. The first-order valence-corrected chi connectivity index (χ1v) is 12.4. The summed E-state index contributed by atoms with van der Waals surface area (Å²) in [6.45, 7) is 8.34. The molecule has 2 aromatic carbocycles. The second-order valence-electron chi connectivity index (χ2n) is 8.85. The number of carbonyl (C=O) groups is 1. The van der Waals surface area contributed by atoms with E-state index in [9.17, 15) is 9.59 Å². The average Bonchev–Trinajstić information content (AvgIpc) is 3.28. The highest BCUT2D eigenvalue weighted by molar-refractivity contribution is 7.19. The van der Waals surface area contributed by atoms with E-state index in [0.29, 0.717) is 37.0 Å². The predicted molar refractivity (Wildman–Crippen MR) is 138 cm³/mol. The molecular formula is C26H27N5O3S. The molecule has 0 bridgehead atoms. The molecule has 1 aliphatic rings. The number of ether oxygens (including phenoxy) is 1. The Hall–Kier alpha value is -3.72. The Kier molecular flexibility index (Phi) is 6.25. The van der Waals surface area contributed by atoms with Crippen molar-refractivity contribution in [1.29, 1.82) is 0 Å². The molecule has 1 saturated heterocycles. The summed E-state index contributed by atoms with van der Waals surface area (Å²) in [6, 6.07) is 15.5. The van der Waals surface area contributed by atoms with E-state index in [0.717, 1.165) is 33.0 Å². The molecular weight excluding hydrogens is 462 g/mol. The molecule has 0 spiro atoms. The summed E-state index contributed by atoms with van der Waals surface area (Å²) in [4.78, 5) is 34.6. The smallest absolute Gasteiger partial charge is 0.277 e. The second kappa shape index (κ2) is 9.50. The van der Waals surface area contributed by atoms with Crippen LogP contribution in [0.4, 0.5) is 5.82 Å². The summed E-state index contributed by atoms with van der Waals surface area (Å²) >= 11 is 1.40. The van der Waals surface area contributed by atoms with Gasteiger partial charge < -0.3 is 14.5 Å². The Morgan fingerprint density at radius 2 is 1.77 bits per heavy atom. The Bertz CT molecular complexity index is 1450. The number of piperazine rings is 1. The maximum atomic E-state index is 12.8. The Labute approximate surface area is 207 Å². The van der Waals surface area contributed by atoms with Crippen LogP contribution in [0.3, 0.4) is 0 Å². The van der Waals surface area contributed by atoms with Gasteiger partial charge in [-0.1, -0.05) is 52.8 Å². The van der Waals surface area contributed by atoms with E-state index in [2.05, 4.69) is 5.10 Å². The van der Waals surface area contributed by atoms with Crippen LogP contribution in [0.1, 0.15) is 16.7 Å². The highest BCUT2D eigenvalue weighted by Crippen LogP contribution is 2.26. The number of aryl methyl sites for hydroxylation is 3. The van der Waals surface area contributed by atoms with Gasteiger partial charge in [0.05, 0.1) is 0 Å². The van der Waals surface area contributed by atoms with E-state index in [4.69, 9.17) is 9.72 Å². The third kappa shape index (κ3) is 4.90. The largest absolute Gasteiger partial charge is 0.484 e. The van der Waals surface area contributed by atoms with Gasteiger partial charge in [0.25, 0.3) is 11.5 Å². The first-order chi connectivity index (χ1) is 16.9. The molecule has 5 rings (SSSR count). The van der Waals surface area contributed by atoms with Gasteiger partial charge >= 0.3 is 0 Å². The van der Waals surface area contributed by atoms with E-state index in [-0.39, 0.29) is 18.1 Å². The van der Waals surface area contributed by atoms with E-state index in [1.807, 2.05) is 68.1 Å². The maximum absolute atomic E-state index is 12.8. The number of rotatable bonds is 5. The van der Waals surface area contributed by atoms with Crippen molar-refractivity contribution in [2.24, 2.45) is 0 Å². The molecule has 1 aliphatic heterocycles. The fraction of sp³-hybridized carbons (Fsp3) is 0.308. The van der Waals surface area contributed by atoms with E-state index < -0.39 is 0 Å². The molecule has 35 heavy (non-hydrogen) atoms. The Balaban J connectivity index is 1.24. The third-order valence-electron chi connectivity index (χ3n) is 6.13. The van der Waals surface area contributed by atoms with Crippen LogP contribution in [0.2, 0.25) is 0 Å². The number of benzene rings is 2. The van der Waals surface area contributed by atoms with Gasteiger partial charge in [0, 0.05) is 37.8 Å². The number of carbonyl (C=O) groups excluding carboxylic acids is 1. The third-order valence-corrected chi connectivity index (χ3v) is 7.09. The summed E-state index contributed by atoms with van der Waals surface area (Å²) < 4.78 is 7.12. The molecule has 0 saturated carbocycles. The SMILES string of the molecule is Cc1cccc(-c2nn3c(=O)cc(N4CCN(C(=O)COc5ccc(C)cc5C)CC4)nc3s2)c1. The van der Waals surface area contributed by atoms with Crippen LogP contribution >= 0.6 is 11.3 Å². The summed E-state index contributed by atoms with van der Waals surface area (Å²) in [5.41, 5.74) is 4.07. The van der Waals surface area contributed by atoms with Crippen LogP contribution in [0.5, 0.6) is 5.75 Å². The van der Waals surface area contributed by atoms with Crippen molar-refractivity contribution >= 4 is 28.0 Å². The minimum Gasteiger partial charge on any atom is -0.484 e. The van der Waals surface area contributed by atoms with Crippen LogP contribution in [0, 0.1) is 20.8 Å². The van der Waals surface area contributed by atoms with Crippen molar-refractivity contribution in [3.05, 3.63) is 75.6 Å². The lowest BCUT2D eigenvalue weighted by Crippen LogP contribution is -2.50. The lowest BCUT2D eigenvalue weighted by atomic mass is 10.1. The molecule has 8 nitrogen and oxygen atoms in total. The quantitative estimate of drug-likeness (QED) is 0.427. The first kappa shape index (κ1) is 23.0. The number of anilines is 1. The topological polar surface area (TPSA) is 80.0 Å². The second-order valence-corrected chi connectivity index (χ2v) is 9.81. The van der Waals surface area contributed by atoms with Crippen LogP contribution in [0.15, 0.2) is 53.3 Å². The minimum absolute atomic E-state index is 0.0120. The van der Waals surface area contributed by atoms with Crippen molar-refractivity contribution in [3.8, 4) is 16.3 Å². The van der Waals surface area contributed by atoms with Crippen molar-refractivity contribution in [2.45, 2.75) is 20.8 Å². The highest BCUT2D eigenvalue weighted by atomic mass is 32.1. The Morgan fingerprint density at radius 3 is 2.51 bits per heavy atom. The van der Waals surface area contributed by atoms with Crippen molar-refractivity contribution in [3.63, 3.8) is 0 Å². The van der Waals surface area contributed by atoms with Crippen molar-refractivity contribution in [2.75, 3.05) is 37.7 Å². The molecule has 0 atom stereocenters. The standard InChI is InChI=1S/C26H27N5O3S/c1-17-5-4-6-20(14-17)25-28-31-23(32)15-22(27-26(31)35-25)29-9-11-30(12-10-29)24(33)16-34-21-8-7-18(2)13-19(21)3/h4-8,13-15H,9-12,16H2,1-3H3. The normalized spacial score (nSPS) is 13.9. The van der Waals surface area contributed by atoms with Gasteiger partial charge in [-0.05, 0) is 38.5 Å². The van der Waals surface area contributed by atoms with E-state index in [1.165, 1.54) is 21.9 Å². The van der Waals surface area contributed by atoms with Gasteiger partial charge in [0.1, 0.15) is 16.6 Å². The highest BCUT2D eigenvalue weighted by Gasteiger charge is 2.23. The minimum atomic E-state index is -0.208. The number of amides is 1. The molecule has 9 heteroatoms. The zero-order valence-corrected chi connectivity index (χ0v) is 20.8. The zero-order valence-electron chi connectivity index (χ0n) is 20.0. The molecule has 0 aliphatic carbocycles. The van der Waals surface area contributed by atoms with Gasteiger partial charge in [0.2, 0.25) is 4.96 Å². The van der Waals surface area contributed by atoms with Crippen LogP contribution in [-0.4, -0.2) is 58.2 Å². The molecule has 3 heterocycles. The molecule has 0 N–H and O–H groups in total. The van der Waals surface area contributed by atoms with Crippen LogP contribution in [0.25, 0.3) is 15.5 Å². The number of fused-ring (bicyclic) bond motifs is 1. The van der Waals surface area contributed by atoms with E-state index in [1.54, 1.807) is 4.90 Å². The number of hydrogen-bond acceptors (Lipinski definition) is 7. The van der Waals surface area contributed by atoms with Gasteiger partial charge in [-0.25, -0.2) is 4.98 Å². The number of hydrogen-bond donors (Lipinski definition) is 0. The summed E-state index contributed by atoms with van der Waals surface area (Å²) in [7, 11) is 0. The lowest BCUT2D eigenvalue weighted by Gasteiger charge is -2.35. The molecule has 0 radical (unpaired) electrons. The Morgan fingerprint density at radius 1 is 1.00 bits per heavy atom. The van der Waals surface area contributed by atoms with Crippen LogP contribution < -0.4 is 15.2 Å². The van der Waals surface area contributed by atoms with Gasteiger partial charge in [-0.2, -0.15) is 9.61 Å². The molecule has 180 valence electrons. The summed E-state index contributed by atoms with van der Waals surface area (Å²) in [5, 5.41) is 5.24. The fourth-order valence-electron chi connectivity index (χ4n) is 4.23. The van der Waals surface area contributed by atoms with Gasteiger partial charge in [-0.15, -0.1) is 0 Å². The molecule has 1 fully saturated rings.